The zero-order valence-electron chi connectivity index (χ0n) is 22.7. The second kappa shape index (κ2) is 15.2. The second-order valence-corrected chi connectivity index (χ2v) is 9.60. The second-order valence-electron chi connectivity index (χ2n) is 9.60. The molecule has 3 rings (SSSR count). The van der Waals surface area contributed by atoms with Gasteiger partial charge >= 0.3 is 5.97 Å². The van der Waals surface area contributed by atoms with Gasteiger partial charge in [0, 0.05) is 48.4 Å². The molecule has 0 radical (unpaired) electrons. The van der Waals surface area contributed by atoms with Gasteiger partial charge < -0.3 is 53.3 Å². The molecule has 0 saturated carbocycles. The van der Waals surface area contributed by atoms with E-state index in [2.05, 4.69) is 35.9 Å². The average molecular weight is 585 g/mol. The number of imidazole rings is 1. The molecular weight excluding hydrogens is 548 g/mol. The van der Waals surface area contributed by atoms with Gasteiger partial charge in [-0.25, -0.2) is 9.78 Å². The number of nitrogens with two attached hydrogens (primary N) is 3. The van der Waals surface area contributed by atoms with Gasteiger partial charge in [0.2, 0.25) is 17.7 Å². The molecule has 1 aromatic carbocycles. The van der Waals surface area contributed by atoms with Crippen molar-refractivity contribution in [1.29, 1.82) is 0 Å². The lowest BCUT2D eigenvalue weighted by Gasteiger charge is -2.25. The van der Waals surface area contributed by atoms with E-state index in [-0.39, 0.29) is 38.2 Å². The summed E-state index contributed by atoms with van der Waals surface area (Å²) >= 11 is 0. The molecule has 3 amide bonds. The topological polar surface area (TPSA) is 280 Å². The number of nitrogens with zero attached hydrogens (tertiary/aromatic N) is 2. The van der Waals surface area contributed by atoms with Crippen LogP contribution in [0.4, 0.5) is 0 Å². The number of para-hydroxylation sites is 1. The highest BCUT2D eigenvalue weighted by Crippen LogP contribution is 2.19. The van der Waals surface area contributed by atoms with Crippen molar-refractivity contribution >= 4 is 40.6 Å². The molecule has 0 aliphatic heterocycles. The van der Waals surface area contributed by atoms with Crippen LogP contribution in [0.1, 0.15) is 24.1 Å². The van der Waals surface area contributed by atoms with Crippen molar-refractivity contribution in [2.24, 2.45) is 22.2 Å². The number of aliphatic hydroxyl groups is 1. The van der Waals surface area contributed by atoms with E-state index < -0.39 is 54.5 Å². The van der Waals surface area contributed by atoms with Crippen molar-refractivity contribution in [3.05, 3.63) is 54.2 Å². The summed E-state index contributed by atoms with van der Waals surface area (Å²) in [6.45, 7) is -0.491. The maximum absolute atomic E-state index is 13.6. The number of aliphatic hydroxyl groups excluding tert-OH is 1. The van der Waals surface area contributed by atoms with Crippen LogP contribution in [0, 0.1) is 0 Å². The fourth-order valence-corrected chi connectivity index (χ4v) is 4.22. The SMILES string of the molecule is NC(N)=NCCCC(NC(=O)C(Cc1c[nH]c2ccccc12)NC(=O)C(N)CO)C(=O)NC(Cc1cnc[nH]1)C(=O)O. The smallest absolute Gasteiger partial charge is 0.326 e. The van der Waals surface area contributed by atoms with Gasteiger partial charge in [-0.05, 0) is 24.5 Å². The number of nitrogens with one attached hydrogen (secondary N) is 5. The molecule has 13 N–H and O–H groups in total. The molecule has 3 aromatic rings. The number of aromatic nitrogens is 3. The number of carbonyl (C=O) groups excluding carboxylic acids is 3. The molecule has 4 unspecified atom stereocenters. The molecular formula is C26H36N10O6. The number of aliphatic imine (C=N–C) groups is 1. The number of rotatable bonds is 16. The Labute approximate surface area is 240 Å². The number of carboxylic acid groups (broad SMARTS) is 1. The minimum absolute atomic E-state index is 0.0274. The Hall–Kier alpha value is -4.96. The Morgan fingerprint density at radius 3 is 2.31 bits per heavy atom. The fourth-order valence-electron chi connectivity index (χ4n) is 4.22. The molecule has 0 saturated heterocycles. The molecule has 0 spiro atoms. The zero-order valence-corrected chi connectivity index (χ0v) is 22.7. The van der Waals surface area contributed by atoms with Crippen molar-refractivity contribution in [2.45, 2.75) is 49.9 Å². The molecule has 0 bridgehead atoms. The van der Waals surface area contributed by atoms with Gasteiger partial charge in [0.25, 0.3) is 0 Å². The van der Waals surface area contributed by atoms with Crippen molar-refractivity contribution in [2.75, 3.05) is 13.2 Å². The van der Waals surface area contributed by atoms with Crippen LogP contribution in [0.15, 0.2) is 48.0 Å². The average Bonchev–Trinajstić information content (AvgIpc) is 3.63. The van der Waals surface area contributed by atoms with Crippen LogP contribution < -0.4 is 33.2 Å². The number of amides is 3. The van der Waals surface area contributed by atoms with Crippen LogP contribution >= 0.6 is 0 Å². The first kappa shape index (κ1) is 31.6. The number of guanidine groups is 1. The third kappa shape index (κ3) is 9.03. The lowest BCUT2D eigenvalue weighted by Crippen LogP contribution is -2.58. The lowest BCUT2D eigenvalue weighted by atomic mass is 10.0. The largest absolute Gasteiger partial charge is 0.480 e. The van der Waals surface area contributed by atoms with E-state index in [1.165, 1.54) is 12.5 Å². The van der Waals surface area contributed by atoms with Crippen molar-refractivity contribution in [1.82, 2.24) is 30.9 Å². The van der Waals surface area contributed by atoms with Crippen molar-refractivity contribution in [3.63, 3.8) is 0 Å². The van der Waals surface area contributed by atoms with Crippen molar-refractivity contribution in [3.8, 4) is 0 Å². The van der Waals surface area contributed by atoms with Crippen LogP contribution in [0.25, 0.3) is 10.9 Å². The number of aliphatic carboxylic acids is 1. The van der Waals surface area contributed by atoms with E-state index in [0.717, 1.165) is 10.9 Å². The summed E-state index contributed by atoms with van der Waals surface area (Å²) in [4.78, 5) is 64.9. The van der Waals surface area contributed by atoms with Crippen LogP contribution in [-0.4, -0.2) is 92.1 Å². The Morgan fingerprint density at radius 2 is 1.64 bits per heavy atom. The fraction of sp³-hybridized carbons (Fsp3) is 0.385. The Kier molecular flexibility index (Phi) is 11.4. The third-order valence-corrected chi connectivity index (χ3v) is 6.44. The Bertz CT molecular complexity index is 1390. The molecule has 42 heavy (non-hydrogen) atoms. The number of aromatic amines is 2. The first-order valence-corrected chi connectivity index (χ1v) is 13.2. The first-order valence-electron chi connectivity index (χ1n) is 13.2. The lowest BCUT2D eigenvalue weighted by molar-refractivity contribution is -0.142. The van der Waals surface area contributed by atoms with Gasteiger partial charge in [-0.2, -0.15) is 0 Å². The molecule has 226 valence electrons. The molecule has 2 aromatic heterocycles. The predicted octanol–water partition coefficient (Wildman–Crippen LogP) is -2.41. The van der Waals surface area contributed by atoms with Gasteiger partial charge in [0.15, 0.2) is 5.96 Å². The highest BCUT2D eigenvalue weighted by Gasteiger charge is 2.31. The minimum Gasteiger partial charge on any atom is -0.480 e. The number of hydrogen-bond acceptors (Lipinski definition) is 8. The highest BCUT2D eigenvalue weighted by atomic mass is 16.4. The van der Waals surface area contributed by atoms with Gasteiger partial charge in [0.05, 0.1) is 12.9 Å². The summed E-state index contributed by atoms with van der Waals surface area (Å²) in [5.74, 6) is -3.68. The molecule has 0 fully saturated rings. The summed E-state index contributed by atoms with van der Waals surface area (Å²) in [6, 6.07) is 2.38. The van der Waals surface area contributed by atoms with Crippen LogP contribution in [0.3, 0.4) is 0 Å². The standard InChI is InChI=1S/C26H36N10O6/c27-17(12-37)22(38)35-20(8-14-10-32-18-5-2-1-4-16(14)18)24(40)34-19(6-3-7-31-26(28)29)23(39)36-21(25(41)42)9-15-11-30-13-33-15/h1-2,4-5,10-11,13,17,19-21,32,37H,3,6-9,12,27H2,(H,30,33)(H,34,40)(H,35,38)(H,36,39)(H,41,42)(H4,28,29,31). The Balaban J connectivity index is 1.82. The summed E-state index contributed by atoms with van der Waals surface area (Å²) in [7, 11) is 0. The number of hydrogen-bond donors (Lipinski definition) is 10. The van der Waals surface area contributed by atoms with Gasteiger partial charge in [-0.3, -0.25) is 19.4 Å². The van der Waals surface area contributed by atoms with E-state index in [1.54, 1.807) is 6.20 Å². The van der Waals surface area contributed by atoms with Gasteiger partial charge in [-0.15, -0.1) is 0 Å². The Morgan fingerprint density at radius 1 is 0.952 bits per heavy atom. The van der Waals surface area contributed by atoms with E-state index in [9.17, 15) is 29.4 Å². The maximum atomic E-state index is 13.6. The zero-order chi connectivity index (χ0) is 30.6. The predicted molar refractivity (Wildman–Crippen MR) is 153 cm³/mol. The van der Waals surface area contributed by atoms with E-state index in [1.807, 2.05) is 24.3 Å². The third-order valence-electron chi connectivity index (χ3n) is 6.44. The quantitative estimate of drug-likeness (QED) is 0.0483. The molecule has 16 heteroatoms. The van der Waals surface area contributed by atoms with Gasteiger partial charge in [-0.1, -0.05) is 18.2 Å². The van der Waals surface area contributed by atoms with E-state index in [4.69, 9.17) is 17.2 Å². The highest BCUT2D eigenvalue weighted by molar-refractivity contribution is 5.95. The summed E-state index contributed by atoms with van der Waals surface area (Å²) < 4.78 is 0. The molecule has 2 heterocycles. The molecule has 0 aliphatic rings. The number of H-pyrrole nitrogens is 2. The summed E-state index contributed by atoms with van der Waals surface area (Å²) in [5.41, 5.74) is 18.4. The number of fused-ring (bicyclic) bond motifs is 1. The van der Waals surface area contributed by atoms with E-state index in [0.29, 0.717) is 11.3 Å². The molecule has 0 aliphatic carbocycles. The van der Waals surface area contributed by atoms with Gasteiger partial charge in [0.1, 0.15) is 24.2 Å². The maximum Gasteiger partial charge on any atom is 0.326 e. The summed E-state index contributed by atoms with van der Waals surface area (Å²) in [6.07, 6.45) is 4.79. The van der Waals surface area contributed by atoms with Crippen molar-refractivity contribution < 1.29 is 29.4 Å². The van der Waals surface area contributed by atoms with Crippen LogP contribution in [0.2, 0.25) is 0 Å². The normalized spacial score (nSPS) is 13.9. The first-order chi connectivity index (χ1) is 20.1. The summed E-state index contributed by atoms with van der Waals surface area (Å²) in [5, 5.41) is 27.5. The number of carbonyl (C=O) groups is 4. The minimum atomic E-state index is -1.32. The molecule has 4 atom stereocenters. The van der Waals surface area contributed by atoms with Crippen LogP contribution in [0.5, 0.6) is 0 Å². The number of benzene rings is 1. The van der Waals surface area contributed by atoms with E-state index >= 15 is 0 Å². The monoisotopic (exact) mass is 584 g/mol. The number of carboxylic acids is 1. The molecule has 16 nitrogen and oxygen atoms in total. The van der Waals surface area contributed by atoms with Crippen LogP contribution in [-0.2, 0) is 32.0 Å².